The molecule has 3 rings (SSSR count). The predicted molar refractivity (Wildman–Crippen MR) is 83.7 cm³/mol. The van der Waals surface area contributed by atoms with Gasteiger partial charge in [-0.1, -0.05) is 23.9 Å². The Balaban J connectivity index is 1.77. The van der Waals surface area contributed by atoms with Crippen molar-refractivity contribution in [3.05, 3.63) is 34.6 Å². The normalized spacial score (nSPS) is 15.0. The number of para-hydroxylation sites is 1. The molecule has 6 nitrogen and oxygen atoms in total. The molecule has 2 aromatic rings. The van der Waals surface area contributed by atoms with Crippen LogP contribution in [0.5, 0.6) is 0 Å². The van der Waals surface area contributed by atoms with Gasteiger partial charge in [-0.25, -0.2) is 4.98 Å². The number of likely N-dealkylation sites (tertiary alicyclic amines) is 1. The average Bonchev–Trinajstić information content (AvgIpc) is 2.84. The van der Waals surface area contributed by atoms with Gasteiger partial charge in [-0.05, 0) is 12.1 Å². The van der Waals surface area contributed by atoms with E-state index in [9.17, 15) is 14.4 Å². The lowest BCUT2D eigenvalue weighted by molar-refractivity contribution is -0.137. The zero-order valence-corrected chi connectivity index (χ0v) is 12.9. The Hall–Kier alpha value is -2.15. The lowest BCUT2D eigenvalue weighted by Crippen LogP contribution is -2.31. The van der Waals surface area contributed by atoms with Gasteiger partial charge in [0.2, 0.25) is 11.8 Å². The van der Waals surface area contributed by atoms with Crippen LogP contribution in [0.3, 0.4) is 0 Å². The largest absolute Gasteiger partial charge is 0.290 e. The number of hydrogen-bond acceptors (Lipinski definition) is 5. The second-order valence-electron chi connectivity index (χ2n) is 5.06. The van der Waals surface area contributed by atoms with E-state index >= 15 is 0 Å². The first-order chi connectivity index (χ1) is 10.6. The van der Waals surface area contributed by atoms with E-state index in [4.69, 9.17) is 0 Å². The van der Waals surface area contributed by atoms with Crippen molar-refractivity contribution in [2.24, 2.45) is 7.05 Å². The summed E-state index contributed by atoms with van der Waals surface area (Å²) in [7, 11) is 1.68. The topological polar surface area (TPSA) is 72.3 Å². The maximum atomic E-state index is 12.3. The Morgan fingerprint density at radius 2 is 1.82 bits per heavy atom. The third-order valence-electron chi connectivity index (χ3n) is 3.64. The Morgan fingerprint density at radius 1 is 1.14 bits per heavy atom. The molecule has 1 aromatic carbocycles. The van der Waals surface area contributed by atoms with Crippen LogP contribution in [-0.4, -0.2) is 38.6 Å². The first-order valence-corrected chi connectivity index (χ1v) is 7.98. The van der Waals surface area contributed by atoms with Gasteiger partial charge in [-0.2, -0.15) is 0 Å². The van der Waals surface area contributed by atoms with E-state index in [1.807, 2.05) is 12.1 Å². The summed E-state index contributed by atoms with van der Waals surface area (Å²) in [5.74, 6) is 0.285. The average molecular weight is 317 g/mol. The summed E-state index contributed by atoms with van der Waals surface area (Å²) in [5, 5.41) is 1.17. The molecular weight excluding hydrogens is 302 g/mol. The maximum Gasteiger partial charge on any atom is 0.261 e. The van der Waals surface area contributed by atoms with E-state index in [-0.39, 0.29) is 17.4 Å². The minimum Gasteiger partial charge on any atom is -0.290 e. The number of rotatable bonds is 4. The van der Waals surface area contributed by atoms with E-state index in [1.165, 1.54) is 21.2 Å². The van der Waals surface area contributed by atoms with Gasteiger partial charge in [0.1, 0.15) is 0 Å². The number of benzene rings is 1. The van der Waals surface area contributed by atoms with Gasteiger partial charge < -0.3 is 0 Å². The molecule has 0 aliphatic carbocycles. The van der Waals surface area contributed by atoms with Crippen LogP contribution in [0.2, 0.25) is 0 Å². The minimum atomic E-state index is -0.119. The lowest BCUT2D eigenvalue weighted by atomic mass is 10.2. The Morgan fingerprint density at radius 3 is 2.55 bits per heavy atom. The van der Waals surface area contributed by atoms with E-state index in [0.717, 1.165) is 0 Å². The SMILES string of the molecule is Cn1c(SCCN2C(=O)CCC2=O)nc2ccccc2c1=O. The highest BCUT2D eigenvalue weighted by molar-refractivity contribution is 7.99. The van der Waals surface area contributed by atoms with Crippen molar-refractivity contribution in [3.63, 3.8) is 0 Å². The standard InChI is InChI=1S/C15H15N3O3S/c1-17-14(21)10-4-2-3-5-11(10)16-15(17)22-9-8-18-12(19)6-7-13(18)20/h2-5H,6-9H2,1H3. The highest BCUT2D eigenvalue weighted by atomic mass is 32.2. The molecule has 2 heterocycles. The van der Waals surface area contributed by atoms with E-state index in [1.54, 1.807) is 19.2 Å². The van der Waals surface area contributed by atoms with Gasteiger partial charge in [0.15, 0.2) is 5.16 Å². The van der Waals surface area contributed by atoms with Gasteiger partial charge in [-0.3, -0.25) is 23.9 Å². The summed E-state index contributed by atoms with van der Waals surface area (Å²) >= 11 is 1.37. The smallest absolute Gasteiger partial charge is 0.261 e. The van der Waals surface area contributed by atoms with Crippen molar-refractivity contribution >= 4 is 34.5 Å². The number of hydrogen-bond donors (Lipinski definition) is 0. The summed E-state index contributed by atoms with van der Waals surface area (Å²) in [6.07, 6.45) is 0.604. The monoisotopic (exact) mass is 317 g/mol. The van der Waals surface area contributed by atoms with Crippen LogP contribution >= 0.6 is 11.8 Å². The summed E-state index contributed by atoms with van der Waals surface area (Å²) in [6.45, 7) is 0.352. The highest BCUT2D eigenvalue weighted by Crippen LogP contribution is 2.18. The minimum absolute atomic E-state index is 0.0959. The van der Waals surface area contributed by atoms with Crippen LogP contribution in [0, 0.1) is 0 Å². The van der Waals surface area contributed by atoms with Crippen molar-refractivity contribution in [1.82, 2.24) is 14.5 Å². The maximum absolute atomic E-state index is 12.3. The molecule has 114 valence electrons. The van der Waals surface area contributed by atoms with Gasteiger partial charge in [-0.15, -0.1) is 0 Å². The number of carbonyl (C=O) groups is 2. The van der Waals surface area contributed by atoms with Gasteiger partial charge in [0.25, 0.3) is 5.56 Å². The van der Waals surface area contributed by atoms with Crippen LogP contribution < -0.4 is 5.56 Å². The van der Waals surface area contributed by atoms with E-state index < -0.39 is 0 Å². The van der Waals surface area contributed by atoms with Crippen LogP contribution in [0.25, 0.3) is 10.9 Å². The predicted octanol–water partition coefficient (Wildman–Crippen LogP) is 1.17. The second-order valence-corrected chi connectivity index (χ2v) is 6.13. The molecule has 1 aromatic heterocycles. The molecule has 1 fully saturated rings. The first kappa shape index (κ1) is 14.8. The second kappa shape index (κ2) is 5.92. The fraction of sp³-hybridized carbons (Fsp3) is 0.333. The fourth-order valence-corrected chi connectivity index (χ4v) is 3.32. The molecule has 2 amide bonds. The number of aromatic nitrogens is 2. The number of amides is 2. The Bertz CT molecular complexity index is 799. The molecule has 22 heavy (non-hydrogen) atoms. The number of imide groups is 1. The molecule has 0 saturated carbocycles. The van der Waals surface area contributed by atoms with Crippen LogP contribution in [0.1, 0.15) is 12.8 Å². The van der Waals surface area contributed by atoms with Crippen molar-refractivity contribution in [3.8, 4) is 0 Å². The number of fused-ring (bicyclic) bond motifs is 1. The van der Waals surface area contributed by atoms with Gasteiger partial charge in [0, 0.05) is 32.2 Å². The lowest BCUT2D eigenvalue weighted by Gasteiger charge is -2.14. The van der Waals surface area contributed by atoms with Crippen LogP contribution in [-0.2, 0) is 16.6 Å². The summed E-state index contributed by atoms with van der Waals surface area (Å²) in [6, 6.07) is 7.20. The van der Waals surface area contributed by atoms with Gasteiger partial charge in [0.05, 0.1) is 10.9 Å². The van der Waals surface area contributed by atoms with E-state index in [0.29, 0.717) is 41.2 Å². The molecule has 1 aliphatic heterocycles. The molecule has 0 unspecified atom stereocenters. The fourth-order valence-electron chi connectivity index (χ4n) is 2.43. The zero-order valence-electron chi connectivity index (χ0n) is 12.1. The number of nitrogens with zero attached hydrogens (tertiary/aromatic N) is 3. The summed E-state index contributed by atoms with van der Waals surface area (Å²) < 4.78 is 1.50. The Labute approximate surface area is 131 Å². The summed E-state index contributed by atoms with van der Waals surface area (Å²) in [5.41, 5.74) is 0.558. The molecule has 0 spiro atoms. The highest BCUT2D eigenvalue weighted by Gasteiger charge is 2.28. The number of thioether (sulfide) groups is 1. The molecule has 1 saturated heterocycles. The van der Waals surface area contributed by atoms with Gasteiger partial charge >= 0.3 is 0 Å². The molecule has 0 bridgehead atoms. The summed E-state index contributed by atoms with van der Waals surface area (Å²) in [4.78, 5) is 41.1. The first-order valence-electron chi connectivity index (χ1n) is 6.99. The molecule has 1 aliphatic rings. The molecule has 0 radical (unpaired) electrons. The van der Waals surface area contributed by atoms with E-state index in [2.05, 4.69) is 4.98 Å². The van der Waals surface area contributed by atoms with Crippen molar-refractivity contribution in [2.75, 3.05) is 12.3 Å². The van der Waals surface area contributed by atoms with Crippen LogP contribution in [0.15, 0.2) is 34.2 Å². The third kappa shape index (κ3) is 2.64. The Kier molecular flexibility index (Phi) is 3.98. The molecule has 0 N–H and O–H groups in total. The van der Waals surface area contributed by atoms with Crippen molar-refractivity contribution < 1.29 is 9.59 Å². The zero-order chi connectivity index (χ0) is 15.7. The number of carbonyl (C=O) groups excluding carboxylic acids is 2. The van der Waals surface area contributed by atoms with Crippen LogP contribution in [0.4, 0.5) is 0 Å². The third-order valence-corrected chi connectivity index (χ3v) is 4.65. The molecule has 0 atom stereocenters. The van der Waals surface area contributed by atoms with Crippen molar-refractivity contribution in [2.45, 2.75) is 18.0 Å². The van der Waals surface area contributed by atoms with Crippen molar-refractivity contribution in [1.29, 1.82) is 0 Å². The molecule has 7 heteroatoms. The molecular formula is C15H15N3O3S. The quantitative estimate of drug-likeness (QED) is 0.481.